The summed E-state index contributed by atoms with van der Waals surface area (Å²) in [4.78, 5) is 2.74. The van der Waals surface area contributed by atoms with Gasteiger partial charge in [-0.2, -0.15) is 0 Å². The molecule has 0 aromatic heterocycles. The molecule has 0 amide bonds. The first kappa shape index (κ1) is 7.60. The minimum atomic E-state index is 0.775. The summed E-state index contributed by atoms with van der Waals surface area (Å²) in [6, 6.07) is 2.68. The Balaban J connectivity index is 2.03. The third kappa shape index (κ3) is 1.10. The average Bonchev–Trinajstić information content (AvgIpc) is 2.61. The fraction of sp³-hybridized carbons (Fsp3) is 1.00. The van der Waals surface area contributed by atoms with Gasteiger partial charge in [-0.1, -0.05) is 6.92 Å². The van der Waals surface area contributed by atoms with E-state index in [0.717, 1.165) is 24.0 Å². The van der Waals surface area contributed by atoms with Crippen LogP contribution in [0.1, 0.15) is 40.0 Å². The molecule has 11 heavy (non-hydrogen) atoms. The van der Waals surface area contributed by atoms with Gasteiger partial charge in [0, 0.05) is 18.1 Å². The summed E-state index contributed by atoms with van der Waals surface area (Å²) in [7, 11) is 0. The van der Waals surface area contributed by atoms with Gasteiger partial charge in [-0.05, 0) is 39.0 Å². The van der Waals surface area contributed by atoms with E-state index in [1.165, 1.54) is 19.3 Å². The van der Waals surface area contributed by atoms with Crippen molar-refractivity contribution in [3.05, 3.63) is 0 Å². The van der Waals surface area contributed by atoms with Crippen LogP contribution in [0.3, 0.4) is 0 Å². The topological polar surface area (TPSA) is 3.24 Å². The van der Waals surface area contributed by atoms with Crippen molar-refractivity contribution in [2.75, 3.05) is 0 Å². The molecule has 1 unspecified atom stereocenters. The molecule has 1 nitrogen and oxygen atoms in total. The van der Waals surface area contributed by atoms with Gasteiger partial charge >= 0.3 is 0 Å². The molecule has 0 bridgehead atoms. The molecule has 0 aromatic rings. The highest BCUT2D eigenvalue weighted by molar-refractivity contribution is 5.06. The minimum Gasteiger partial charge on any atom is -0.295 e. The van der Waals surface area contributed by atoms with Crippen LogP contribution >= 0.6 is 0 Å². The lowest BCUT2D eigenvalue weighted by atomic mass is 10.1. The highest BCUT2D eigenvalue weighted by Gasteiger charge is 2.51. The van der Waals surface area contributed by atoms with Crippen LogP contribution in [0.25, 0.3) is 0 Å². The van der Waals surface area contributed by atoms with Crippen molar-refractivity contribution in [1.82, 2.24) is 4.90 Å². The van der Waals surface area contributed by atoms with Crippen LogP contribution in [0, 0.1) is 5.92 Å². The Kier molecular flexibility index (Phi) is 1.71. The third-order valence-corrected chi connectivity index (χ3v) is 3.33. The Labute approximate surface area is 69.8 Å². The molecule has 1 aliphatic carbocycles. The standard InChI is InChI=1S/C10H19N/c1-4-9-5-8-6-10(8)11(9)7(2)3/h7-10H,4-6H2,1-3H3/t8-,9?,10+/m0/s1. The molecule has 2 rings (SSSR count). The van der Waals surface area contributed by atoms with Gasteiger partial charge in [-0.15, -0.1) is 0 Å². The Morgan fingerprint density at radius 3 is 2.55 bits per heavy atom. The number of likely N-dealkylation sites (tertiary alicyclic amines) is 1. The zero-order valence-corrected chi connectivity index (χ0v) is 7.88. The summed E-state index contributed by atoms with van der Waals surface area (Å²) in [5.41, 5.74) is 0. The molecule has 1 heterocycles. The summed E-state index contributed by atoms with van der Waals surface area (Å²) < 4.78 is 0. The van der Waals surface area contributed by atoms with E-state index in [4.69, 9.17) is 0 Å². The van der Waals surface area contributed by atoms with Crippen molar-refractivity contribution in [2.45, 2.75) is 58.2 Å². The minimum absolute atomic E-state index is 0.775. The van der Waals surface area contributed by atoms with Gasteiger partial charge in [0.25, 0.3) is 0 Å². The first-order valence-electron chi connectivity index (χ1n) is 5.01. The molecule has 2 fully saturated rings. The summed E-state index contributed by atoms with van der Waals surface area (Å²) in [6.07, 6.45) is 4.33. The molecule has 0 radical (unpaired) electrons. The Hall–Kier alpha value is -0.0400. The van der Waals surface area contributed by atoms with Gasteiger partial charge in [-0.3, -0.25) is 4.90 Å². The van der Waals surface area contributed by atoms with E-state index in [2.05, 4.69) is 25.7 Å². The Bertz CT molecular complexity index is 153. The number of fused-ring (bicyclic) bond motifs is 1. The van der Waals surface area contributed by atoms with Crippen molar-refractivity contribution < 1.29 is 0 Å². The predicted molar refractivity (Wildman–Crippen MR) is 47.6 cm³/mol. The largest absolute Gasteiger partial charge is 0.295 e. The zero-order chi connectivity index (χ0) is 8.01. The molecule has 0 N–H and O–H groups in total. The van der Waals surface area contributed by atoms with Crippen LogP contribution in [0.5, 0.6) is 0 Å². The highest BCUT2D eigenvalue weighted by atomic mass is 15.3. The summed E-state index contributed by atoms with van der Waals surface area (Å²) in [5.74, 6) is 1.09. The van der Waals surface area contributed by atoms with Gasteiger partial charge in [0.1, 0.15) is 0 Å². The maximum atomic E-state index is 2.74. The fourth-order valence-electron chi connectivity index (χ4n) is 2.77. The Morgan fingerprint density at radius 2 is 2.09 bits per heavy atom. The SMILES string of the molecule is CCC1C[C@H]2C[C@H]2N1C(C)C. The number of nitrogens with zero attached hydrogens (tertiary/aromatic N) is 1. The van der Waals surface area contributed by atoms with Crippen molar-refractivity contribution in [1.29, 1.82) is 0 Å². The predicted octanol–water partition coefficient (Wildman–Crippen LogP) is 2.27. The fourth-order valence-corrected chi connectivity index (χ4v) is 2.77. The lowest BCUT2D eigenvalue weighted by Gasteiger charge is -2.30. The zero-order valence-electron chi connectivity index (χ0n) is 7.88. The number of piperidine rings is 1. The van der Waals surface area contributed by atoms with E-state index in [1.54, 1.807) is 0 Å². The number of hydrogen-bond acceptors (Lipinski definition) is 1. The maximum absolute atomic E-state index is 2.74. The van der Waals surface area contributed by atoms with E-state index < -0.39 is 0 Å². The monoisotopic (exact) mass is 153 g/mol. The molecule has 1 heteroatoms. The quantitative estimate of drug-likeness (QED) is 0.588. The van der Waals surface area contributed by atoms with Crippen molar-refractivity contribution in [3.63, 3.8) is 0 Å². The maximum Gasteiger partial charge on any atom is 0.0133 e. The van der Waals surface area contributed by atoms with E-state index >= 15 is 0 Å². The smallest absolute Gasteiger partial charge is 0.0133 e. The van der Waals surface area contributed by atoms with Gasteiger partial charge in [0.05, 0.1) is 0 Å². The van der Waals surface area contributed by atoms with Gasteiger partial charge in [0.2, 0.25) is 0 Å². The molecule has 1 saturated carbocycles. The van der Waals surface area contributed by atoms with Crippen LogP contribution in [-0.4, -0.2) is 23.0 Å². The molecule has 0 spiro atoms. The molecule has 1 saturated heterocycles. The second-order valence-electron chi connectivity index (χ2n) is 4.40. The van der Waals surface area contributed by atoms with Crippen molar-refractivity contribution >= 4 is 0 Å². The van der Waals surface area contributed by atoms with Crippen molar-refractivity contribution in [3.8, 4) is 0 Å². The van der Waals surface area contributed by atoms with Crippen LogP contribution < -0.4 is 0 Å². The molecule has 3 atom stereocenters. The second kappa shape index (κ2) is 2.48. The van der Waals surface area contributed by atoms with Gasteiger partial charge < -0.3 is 0 Å². The molecular formula is C10H19N. The lowest BCUT2D eigenvalue weighted by molar-refractivity contribution is 0.167. The number of rotatable bonds is 2. The van der Waals surface area contributed by atoms with E-state index in [-0.39, 0.29) is 0 Å². The molecule has 1 aliphatic heterocycles. The molecule has 2 aliphatic rings. The Morgan fingerprint density at radius 1 is 1.36 bits per heavy atom. The second-order valence-corrected chi connectivity index (χ2v) is 4.40. The molecule has 0 aromatic carbocycles. The summed E-state index contributed by atoms with van der Waals surface area (Å²) >= 11 is 0. The van der Waals surface area contributed by atoms with Crippen molar-refractivity contribution in [2.24, 2.45) is 5.92 Å². The average molecular weight is 153 g/mol. The third-order valence-electron chi connectivity index (χ3n) is 3.33. The first-order valence-corrected chi connectivity index (χ1v) is 5.01. The van der Waals surface area contributed by atoms with E-state index in [9.17, 15) is 0 Å². The van der Waals surface area contributed by atoms with Crippen LogP contribution in [0.15, 0.2) is 0 Å². The highest BCUT2D eigenvalue weighted by Crippen LogP contribution is 2.49. The molecule has 64 valence electrons. The normalized spacial score (nSPS) is 43.1. The van der Waals surface area contributed by atoms with Crippen LogP contribution in [-0.2, 0) is 0 Å². The van der Waals surface area contributed by atoms with Gasteiger partial charge in [0.15, 0.2) is 0 Å². The summed E-state index contributed by atoms with van der Waals surface area (Å²) in [6.45, 7) is 7.00. The van der Waals surface area contributed by atoms with Crippen LogP contribution in [0.4, 0.5) is 0 Å². The number of hydrogen-bond donors (Lipinski definition) is 0. The molecular weight excluding hydrogens is 134 g/mol. The van der Waals surface area contributed by atoms with Gasteiger partial charge in [-0.25, -0.2) is 0 Å². The summed E-state index contributed by atoms with van der Waals surface area (Å²) in [5, 5.41) is 0. The lowest BCUT2D eigenvalue weighted by Crippen LogP contribution is -2.38. The van der Waals surface area contributed by atoms with E-state index in [1.807, 2.05) is 0 Å². The van der Waals surface area contributed by atoms with Crippen LogP contribution in [0.2, 0.25) is 0 Å². The van der Waals surface area contributed by atoms with E-state index in [0.29, 0.717) is 0 Å². The first-order chi connectivity index (χ1) is 5.24.